The molecule has 0 radical (unpaired) electrons. The fourth-order valence-corrected chi connectivity index (χ4v) is 3.88. The van der Waals surface area contributed by atoms with Crippen molar-refractivity contribution in [2.45, 2.75) is 17.9 Å². The molecule has 2 rings (SSSR count). The third kappa shape index (κ3) is 2.83. The van der Waals surface area contributed by atoms with E-state index in [1.54, 1.807) is 7.05 Å². The fourth-order valence-electron chi connectivity index (χ4n) is 1.70. The van der Waals surface area contributed by atoms with Crippen molar-refractivity contribution in [2.24, 2.45) is 5.84 Å². The van der Waals surface area contributed by atoms with Crippen LogP contribution in [0.5, 0.6) is 0 Å². The van der Waals surface area contributed by atoms with Crippen LogP contribution in [0.4, 0.5) is 5.82 Å². The Morgan fingerprint density at radius 2 is 2.15 bits per heavy atom. The first kappa shape index (κ1) is 14.9. The monoisotopic (exact) mass is 312 g/mol. The molecule has 0 fully saturated rings. The lowest BCUT2D eigenvalue weighted by molar-refractivity contribution is 0.402. The van der Waals surface area contributed by atoms with Crippen LogP contribution in [0.2, 0.25) is 0 Å². The van der Waals surface area contributed by atoms with Crippen LogP contribution in [0.25, 0.3) is 0 Å². The maximum atomic E-state index is 12.5. The number of nitrogens with two attached hydrogens (primary N) is 1. The highest BCUT2D eigenvalue weighted by atomic mass is 32.2. The third-order valence-corrected chi connectivity index (χ3v) is 6.02. The smallest absolute Gasteiger partial charge is 0.244 e. The number of nitrogens with one attached hydrogen (secondary N) is 1. The Labute approximate surface area is 122 Å². The van der Waals surface area contributed by atoms with E-state index in [1.807, 2.05) is 24.4 Å². The molecule has 6 nitrogen and oxygen atoms in total. The van der Waals surface area contributed by atoms with Gasteiger partial charge in [-0.05, 0) is 30.5 Å². The second-order valence-corrected chi connectivity index (χ2v) is 7.21. The molecule has 0 saturated heterocycles. The fraction of sp³-hybridized carbons (Fsp3) is 0.250. The topological polar surface area (TPSA) is 88.3 Å². The van der Waals surface area contributed by atoms with Crippen LogP contribution < -0.4 is 11.3 Å². The number of rotatable bonds is 5. The van der Waals surface area contributed by atoms with Crippen molar-refractivity contribution in [2.75, 3.05) is 12.5 Å². The third-order valence-electron chi connectivity index (χ3n) is 3.06. The highest BCUT2D eigenvalue weighted by molar-refractivity contribution is 7.89. The minimum absolute atomic E-state index is 0.141. The summed E-state index contributed by atoms with van der Waals surface area (Å²) in [4.78, 5) is 5.06. The van der Waals surface area contributed by atoms with Crippen LogP contribution in [-0.4, -0.2) is 24.8 Å². The van der Waals surface area contributed by atoms with Crippen molar-refractivity contribution in [3.8, 4) is 0 Å². The van der Waals surface area contributed by atoms with Crippen molar-refractivity contribution in [1.29, 1.82) is 0 Å². The van der Waals surface area contributed by atoms with Crippen molar-refractivity contribution >= 4 is 27.2 Å². The zero-order valence-corrected chi connectivity index (χ0v) is 12.8. The standard InChI is InChI=1S/C12H16N4O2S2/c1-9(11-4-3-7-19-11)16(2)20(17,18)10-5-6-12(15-13)14-8-10/h3-9H,13H2,1-2H3,(H,14,15). The Balaban J connectivity index is 2.29. The highest BCUT2D eigenvalue weighted by Crippen LogP contribution is 2.28. The van der Waals surface area contributed by atoms with Crippen LogP contribution in [0.15, 0.2) is 40.7 Å². The lowest BCUT2D eigenvalue weighted by atomic mass is 10.3. The predicted octanol–water partition coefficient (Wildman–Crippen LogP) is 1.81. The van der Waals surface area contributed by atoms with Gasteiger partial charge < -0.3 is 5.43 Å². The van der Waals surface area contributed by atoms with E-state index in [0.717, 1.165) is 4.88 Å². The Morgan fingerprint density at radius 3 is 2.65 bits per heavy atom. The zero-order chi connectivity index (χ0) is 14.8. The first-order valence-electron chi connectivity index (χ1n) is 5.91. The quantitative estimate of drug-likeness (QED) is 0.649. The molecule has 8 heteroatoms. The molecule has 0 aromatic carbocycles. The van der Waals surface area contributed by atoms with Gasteiger partial charge in [0.2, 0.25) is 10.0 Å². The van der Waals surface area contributed by atoms with E-state index in [4.69, 9.17) is 5.84 Å². The average molecular weight is 312 g/mol. The second-order valence-electron chi connectivity index (χ2n) is 4.24. The molecule has 3 N–H and O–H groups in total. The number of pyridine rings is 1. The van der Waals surface area contributed by atoms with E-state index in [1.165, 1.54) is 34.0 Å². The summed E-state index contributed by atoms with van der Waals surface area (Å²) >= 11 is 1.53. The first-order chi connectivity index (χ1) is 9.46. The number of aromatic nitrogens is 1. The molecule has 0 amide bonds. The summed E-state index contributed by atoms with van der Waals surface area (Å²) in [5.74, 6) is 5.62. The van der Waals surface area contributed by atoms with E-state index in [0.29, 0.717) is 5.82 Å². The number of hydrogen-bond acceptors (Lipinski definition) is 6. The van der Waals surface area contributed by atoms with Crippen molar-refractivity contribution in [3.63, 3.8) is 0 Å². The number of nitrogen functional groups attached to an aromatic ring is 1. The molecule has 2 heterocycles. The summed E-state index contributed by atoms with van der Waals surface area (Å²) in [6.45, 7) is 1.85. The number of anilines is 1. The first-order valence-corrected chi connectivity index (χ1v) is 8.23. The molecule has 0 bridgehead atoms. The van der Waals surface area contributed by atoms with Crippen molar-refractivity contribution < 1.29 is 8.42 Å². The van der Waals surface area contributed by atoms with Crippen molar-refractivity contribution in [3.05, 3.63) is 40.7 Å². The number of nitrogens with zero attached hydrogens (tertiary/aromatic N) is 2. The van der Waals surface area contributed by atoms with Gasteiger partial charge in [0, 0.05) is 18.1 Å². The summed E-state index contributed by atoms with van der Waals surface area (Å²) in [6, 6.07) is 6.60. The summed E-state index contributed by atoms with van der Waals surface area (Å²) < 4.78 is 26.4. The molecule has 2 aromatic heterocycles. The van der Waals surface area contributed by atoms with Crippen LogP contribution in [0.1, 0.15) is 17.8 Å². The van der Waals surface area contributed by atoms with Crippen LogP contribution >= 0.6 is 11.3 Å². The van der Waals surface area contributed by atoms with Gasteiger partial charge in [0.15, 0.2) is 0 Å². The number of thiophene rings is 1. The summed E-state index contributed by atoms with van der Waals surface area (Å²) in [7, 11) is -2.02. The Hall–Kier alpha value is -1.48. The van der Waals surface area contributed by atoms with Crippen LogP contribution in [0, 0.1) is 0 Å². The van der Waals surface area contributed by atoms with Crippen LogP contribution in [0.3, 0.4) is 0 Å². The van der Waals surface area contributed by atoms with E-state index in [-0.39, 0.29) is 10.9 Å². The Morgan fingerprint density at radius 1 is 1.40 bits per heavy atom. The minimum atomic E-state index is -3.58. The summed E-state index contributed by atoms with van der Waals surface area (Å²) in [6.07, 6.45) is 1.29. The zero-order valence-electron chi connectivity index (χ0n) is 11.1. The molecule has 0 saturated carbocycles. The highest BCUT2D eigenvalue weighted by Gasteiger charge is 2.27. The number of sulfonamides is 1. The molecular formula is C12H16N4O2S2. The molecule has 0 aliphatic carbocycles. The molecule has 0 spiro atoms. The molecule has 0 aliphatic heterocycles. The second kappa shape index (κ2) is 5.88. The van der Waals surface area contributed by atoms with Gasteiger partial charge in [-0.25, -0.2) is 19.2 Å². The molecule has 108 valence electrons. The van der Waals surface area contributed by atoms with Crippen molar-refractivity contribution in [1.82, 2.24) is 9.29 Å². The molecule has 2 aromatic rings. The van der Waals surface area contributed by atoms with Crippen LogP contribution in [-0.2, 0) is 10.0 Å². The summed E-state index contributed by atoms with van der Waals surface area (Å²) in [5.41, 5.74) is 2.36. The van der Waals surface area contributed by atoms with Gasteiger partial charge in [0.05, 0.1) is 6.04 Å². The van der Waals surface area contributed by atoms with E-state index in [9.17, 15) is 8.42 Å². The molecule has 0 aliphatic rings. The molecule has 1 unspecified atom stereocenters. The van der Waals surface area contributed by atoms with Gasteiger partial charge in [-0.3, -0.25) is 0 Å². The maximum Gasteiger partial charge on any atom is 0.244 e. The average Bonchev–Trinajstić information content (AvgIpc) is 3.00. The van der Waals surface area contributed by atoms with E-state index >= 15 is 0 Å². The number of hydrazine groups is 1. The predicted molar refractivity (Wildman–Crippen MR) is 79.7 cm³/mol. The Kier molecular flexibility index (Phi) is 4.39. The van der Waals surface area contributed by atoms with Gasteiger partial charge in [-0.15, -0.1) is 11.3 Å². The van der Waals surface area contributed by atoms with Gasteiger partial charge in [-0.1, -0.05) is 6.07 Å². The maximum absolute atomic E-state index is 12.5. The molecular weight excluding hydrogens is 296 g/mol. The Bertz CT molecular complexity index is 653. The lowest BCUT2D eigenvalue weighted by Gasteiger charge is -2.23. The number of hydrogen-bond donors (Lipinski definition) is 2. The summed E-state index contributed by atoms with van der Waals surface area (Å²) in [5, 5.41) is 1.93. The van der Waals surface area contributed by atoms with Gasteiger partial charge in [-0.2, -0.15) is 4.31 Å². The molecule has 20 heavy (non-hydrogen) atoms. The molecule has 1 atom stereocenters. The normalized spacial score (nSPS) is 13.4. The minimum Gasteiger partial charge on any atom is -0.308 e. The van der Waals surface area contributed by atoms with E-state index in [2.05, 4.69) is 10.4 Å². The van der Waals surface area contributed by atoms with Gasteiger partial charge in [0.25, 0.3) is 0 Å². The van der Waals surface area contributed by atoms with E-state index < -0.39 is 10.0 Å². The lowest BCUT2D eigenvalue weighted by Crippen LogP contribution is -2.29. The van der Waals surface area contributed by atoms with Gasteiger partial charge in [0.1, 0.15) is 10.7 Å². The van der Waals surface area contributed by atoms with Gasteiger partial charge >= 0.3 is 0 Å². The largest absolute Gasteiger partial charge is 0.308 e. The SMILES string of the molecule is CC(c1cccs1)N(C)S(=O)(=O)c1ccc(NN)nc1.